The van der Waals surface area contributed by atoms with Gasteiger partial charge in [0.1, 0.15) is 17.3 Å². The van der Waals surface area contributed by atoms with Gasteiger partial charge in [-0.2, -0.15) is 0 Å². The second-order valence-corrected chi connectivity index (χ2v) is 9.40. The van der Waals surface area contributed by atoms with Gasteiger partial charge in [-0.15, -0.1) is 11.3 Å². The van der Waals surface area contributed by atoms with Crippen LogP contribution in [-0.4, -0.2) is 51.6 Å². The van der Waals surface area contributed by atoms with Crippen LogP contribution in [0.5, 0.6) is 0 Å². The number of hydrogen-bond acceptors (Lipinski definition) is 6. The average Bonchev–Trinajstić information content (AvgIpc) is 3.20. The van der Waals surface area contributed by atoms with Crippen LogP contribution in [0.3, 0.4) is 0 Å². The van der Waals surface area contributed by atoms with E-state index in [0.29, 0.717) is 35.9 Å². The van der Waals surface area contributed by atoms with Crippen molar-refractivity contribution in [3.63, 3.8) is 0 Å². The van der Waals surface area contributed by atoms with Gasteiger partial charge in [0.05, 0.1) is 27.1 Å². The summed E-state index contributed by atoms with van der Waals surface area (Å²) in [6.07, 6.45) is 6.09. The number of amides is 1. The van der Waals surface area contributed by atoms with E-state index in [1.165, 1.54) is 23.5 Å². The second kappa shape index (κ2) is 10.0. The van der Waals surface area contributed by atoms with Gasteiger partial charge in [0.2, 0.25) is 0 Å². The molecule has 1 aromatic carbocycles. The molecule has 0 unspecified atom stereocenters. The smallest absolute Gasteiger partial charge is 0.274 e. The third-order valence-corrected chi connectivity index (χ3v) is 6.88. The Morgan fingerprint density at radius 2 is 2.00 bits per heavy atom. The molecule has 1 fully saturated rings. The Labute approximate surface area is 195 Å². The summed E-state index contributed by atoms with van der Waals surface area (Å²) in [5.41, 5.74) is 1.19. The van der Waals surface area contributed by atoms with Gasteiger partial charge in [-0.05, 0) is 43.9 Å². The molecule has 3 aromatic rings. The molecule has 0 saturated carbocycles. The van der Waals surface area contributed by atoms with Gasteiger partial charge in [-0.3, -0.25) is 4.79 Å². The summed E-state index contributed by atoms with van der Waals surface area (Å²) >= 11 is 7.33. The normalized spacial score (nSPS) is 18.7. The predicted molar refractivity (Wildman–Crippen MR) is 122 cm³/mol. The van der Waals surface area contributed by atoms with Crippen molar-refractivity contribution in [2.75, 3.05) is 13.7 Å². The molecule has 168 valence electrons. The predicted octanol–water partition coefficient (Wildman–Crippen LogP) is 4.95. The minimum atomic E-state index is -0.314. The highest BCUT2D eigenvalue weighted by Crippen LogP contribution is 2.33. The second-order valence-electron chi connectivity index (χ2n) is 7.76. The van der Waals surface area contributed by atoms with Gasteiger partial charge in [0, 0.05) is 32.5 Å². The van der Waals surface area contributed by atoms with Crippen LogP contribution in [0, 0.1) is 12.7 Å². The Balaban J connectivity index is 1.60. The van der Waals surface area contributed by atoms with Crippen molar-refractivity contribution in [2.24, 2.45) is 0 Å². The van der Waals surface area contributed by atoms with E-state index in [9.17, 15) is 9.18 Å². The summed E-state index contributed by atoms with van der Waals surface area (Å²) in [6, 6.07) is 6.04. The minimum absolute atomic E-state index is 0.0750. The van der Waals surface area contributed by atoms with Gasteiger partial charge < -0.3 is 9.64 Å². The number of carbonyl (C=O) groups excluding carboxylic acids is 1. The van der Waals surface area contributed by atoms with E-state index in [2.05, 4.69) is 15.0 Å². The summed E-state index contributed by atoms with van der Waals surface area (Å²) in [4.78, 5) is 29.4. The fourth-order valence-corrected chi connectivity index (χ4v) is 5.15. The molecule has 0 bridgehead atoms. The molecule has 9 heteroatoms. The van der Waals surface area contributed by atoms with Gasteiger partial charge in [0.25, 0.3) is 5.91 Å². The Morgan fingerprint density at radius 3 is 2.69 bits per heavy atom. The quantitative estimate of drug-likeness (QED) is 0.505. The largest absolute Gasteiger partial charge is 0.379 e. The van der Waals surface area contributed by atoms with Crippen molar-refractivity contribution in [3.05, 3.63) is 64.0 Å². The number of aromatic nitrogens is 3. The van der Waals surface area contributed by atoms with Crippen LogP contribution in [0.25, 0.3) is 10.4 Å². The lowest BCUT2D eigenvalue weighted by molar-refractivity contribution is -0.0148. The molecule has 4 rings (SSSR count). The molecule has 1 saturated heterocycles. The first-order valence-electron chi connectivity index (χ1n) is 10.5. The molecule has 0 aliphatic carbocycles. The van der Waals surface area contributed by atoms with Crippen LogP contribution in [0.15, 0.2) is 36.7 Å². The number of benzene rings is 1. The zero-order valence-corrected chi connectivity index (χ0v) is 19.5. The van der Waals surface area contributed by atoms with Crippen LogP contribution in [0.4, 0.5) is 4.39 Å². The van der Waals surface area contributed by atoms with Gasteiger partial charge >= 0.3 is 0 Å². The van der Waals surface area contributed by atoms with Crippen LogP contribution in [-0.2, 0) is 11.2 Å². The molecule has 1 aliphatic heterocycles. The molecule has 0 N–H and O–H groups in total. The number of halogens is 2. The fourth-order valence-electron chi connectivity index (χ4n) is 4.14. The molecule has 1 aliphatic rings. The molecular weight excluding hydrogens is 451 g/mol. The number of rotatable bonds is 6. The zero-order valence-electron chi connectivity index (χ0n) is 17.9. The number of methoxy groups -OCH3 is 1. The molecular formula is C23H24ClFN4O2S. The highest BCUT2D eigenvalue weighted by Gasteiger charge is 2.36. The topological polar surface area (TPSA) is 68.2 Å². The Hall–Kier alpha value is -2.42. The Kier molecular flexibility index (Phi) is 7.13. The molecule has 6 nitrogen and oxygen atoms in total. The van der Waals surface area contributed by atoms with E-state index in [1.54, 1.807) is 31.6 Å². The molecule has 0 spiro atoms. The maximum Gasteiger partial charge on any atom is 0.274 e. The Morgan fingerprint density at radius 1 is 1.28 bits per heavy atom. The van der Waals surface area contributed by atoms with Crippen molar-refractivity contribution in [2.45, 2.75) is 44.8 Å². The lowest BCUT2D eigenvalue weighted by atomic mass is 9.94. The van der Waals surface area contributed by atoms with Gasteiger partial charge in [-0.1, -0.05) is 23.7 Å². The zero-order chi connectivity index (χ0) is 22.7. The number of nitrogens with zero attached hydrogens (tertiary/aromatic N) is 4. The number of thiazole rings is 1. The van der Waals surface area contributed by atoms with E-state index in [-0.39, 0.29) is 23.9 Å². The summed E-state index contributed by atoms with van der Waals surface area (Å²) < 4.78 is 19.2. The van der Waals surface area contributed by atoms with Crippen LogP contribution in [0.2, 0.25) is 5.02 Å². The highest BCUT2D eigenvalue weighted by atomic mass is 35.5. The van der Waals surface area contributed by atoms with Crippen LogP contribution >= 0.6 is 22.9 Å². The first kappa shape index (κ1) is 22.8. The summed E-state index contributed by atoms with van der Waals surface area (Å²) in [5, 5.41) is 1.28. The third-order valence-electron chi connectivity index (χ3n) is 5.66. The van der Waals surface area contributed by atoms with E-state index >= 15 is 0 Å². The minimum Gasteiger partial charge on any atom is -0.379 e. The van der Waals surface area contributed by atoms with Gasteiger partial charge in [0.15, 0.2) is 0 Å². The monoisotopic (exact) mass is 474 g/mol. The van der Waals surface area contributed by atoms with Crippen molar-refractivity contribution >= 4 is 28.8 Å². The van der Waals surface area contributed by atoms with E-state index in [1.807, 2.05) is 11.8 Å². The van der Waals surface area contributed by atoms with E-state index in [0.717, 1.165) is 28.3 Å². The van der Waals surface area contributed by atoms with Crippen LogP contribution < -0.4 is 0 Å². The lowest BCUT2D eigenvalue weighted by Gasteiger charge is -2.40. The SMILES string of the molecule is CO[C@@H]1CCCN(C(=O)c2nc(C)sc2-c2ccc(F)cc2)[C@@H]1CCc1ncc(Cl)cn1. The number of likely N-dealkylation sites (tertiary alicyclic amines) is 1. The molecule has 3 heterocycles. The third kappa shape index (κ3) is 4.98. The summed E-state index contributed by atoms with van der Waals surface area (Å²) in [7, 11) is 1.68. The van der Waals surface area contributed by atoms with Crippen molar-refractivity contribution in [1.29, 1.82) is 0 Å². The number of carbonyl (C=O) groups is 1. The van der Waals surface area contributed by atoms with Crippen molar-refractivity contribution in [1.82, 2.24) is 19.9 Å². The first-order chi connectivity index (χ1) is 15.5. The highest BCUT2D eigenvalue weighted by molar-refractivity contribution is 7.15. The van der Waals surface area contributed by atoms with Gasteiger partial charge in [-0.25, -0.2) is 19.3 Å². The first-order valence-corrected chi connectivity index (χ1v) is 11.7. The molecule has 2 atom stereocenters. The number of aryl methyl sites for hydroxylation is 2. The average molecular weight is 475 g/mol. The van der Waals surface area contributed by atoms with Crippen molar-refractivity contribution < 1.29 is 13.9 Å². The Bertz CT molecular complexity index is 1070. The maximum absolute atomic E-state index is 13.7. The van der Waals surface area contributed by atoms with E-state index in [4.69, 9.17) is 16.3 Å². The lowest BCUT2D eigenvalue weighted by Crippen LogP contribution is -2.52. The molecule has 32 heavy (non-hydrogen) atoms. The standard InChI is InChI=1S/C23H24ClFN4O2S/c1-14-28-21(22(32-14)15-5-7-17(25)8-6-15)23(30)29-11-3-4-19(31-2)18(29)9-10-20-26-12-16(24)13-27-20/h5-8,12-13,18-19H,3-4,9-11H2,1-2H3/t18-,19-/m1/s1. The maximum atomic E-state index is 13.7. The summed E-state index contributed by atoms with van der Waals surface area (Å²) in [6.45, 7) is 2.50. The molecule has 1 amide bonds. The fraction of sp³-hybridized carbons (Fsp3) is 0.391. The van der Waals surface area contributed by atoms with E-state index < -0.39 is 0 Å². The number of hydrogen-bond donors (Lipinski definition) is 0. The molecule has 2 aromatic heterocycles. The van der Waals surface area contributed by atoms with Crippen LogP contribution in [0.1, 0.15) is 40.6 Å². The number of piperidine rings is 1. The number of ether oxygens (including phenoxy) is 1. The molecule has 0 radical (unpaired) electrons. The van der Waals surface area contributed by atoms with Crippen molar-refractivity contribution in [3.8, 4) is 10.4 Å². The summed E-state index contributed by atoms with van der Waals surface area (Å²) in [5.74, 6) is 0.238.